The smallest absolute Gasteiger partial charge is 0.133 e. The monoisotopic (exact) mass is 291 g/mol. The van der Waals surface area contributed by atoms with Crippen molar-refractivity contribution in [1.29, 1.82) is 0 Å². The van der Waals surface area contributed by atoms with Gasteiger partial charge in [-0.25, -0.2) is 0 Å². The van der Waals surface area contributed by atoms with E-state index in [2.05, 4.69) is 43.9 Å². The lowest BCUT2D eigenvalue weighted by molar-refractivity contribution is 0.160. The quantitative estimate of drug-likeness (QED) is 0.758. The standard InChI is InChI=1S/C17H25NOS/c1-4-11-18-14(10-9-13(2)3)16-12-20-17-8-6-5-7-15(17)19-16/h5-8,14,16,18H,2,4,9-12H2,1,3H3. The predicted octanol–water partition coefficient (Wildman–Crippen LogP) is 4.26. The minimum absolute atomic E-state index is 0.251. The maximum absolute atomic E-state index is 6.21. The summed E-state index contributed by atoms with van der Waals surface area (Å²) in [6.45, 7) is 9.37. The van der Waals surface area contributed by atoms with E-state index >= 15 is 0 Å². The molecule has 0 saturated carbocycles. The number of nitrogens with one attached hydrogen (secondary N) is 1. The maximum Gasteiger partial charge on any atom is 0.133 e. The molecule has 1 N–H and O–H groups in total. The van der Waals surface area contributed by atoms with Crippen LogP contribution in [0, 0.1) is 0 Å². The number of para-hydroxylation sites is 1. The van der Waals surface area contributed by atoms with Crippen molar-refractivity contribution in [3.8, 4) is 5.75 Å². The highest BCUT2D eigenvalue weighted by atomic mass is 32.2. The number of rotatable bonds is 7. The Bertz CT molecular complexity index is 446. The lowest BCUT2D eigenvalue weighted by Crippen LogP contribution is -2.46. The van der Waals surface area contributed by atoms with E-state index in [9.17, 15) is 0 Å². The predicted molar refractivity (Wildman–Crippen MR) is 87.7 cm³/mol. The van der Waals surface area contributed by atoms with E-state index in [0.29, 0.717) is 6.04 Å². The third-order valence-corrected chi connectivity index (χ3v) is 4.66. The Kier molecular flexibility index (Phi) is 5.99. The van der Waals surface area contributed by atoms with Gasteiger partial charge in [-0.05, 0) is 44.9 Å². The molecular formula is C17H25NOS. The fraction of sp³-hybridized carbons (Fsp3) is 0.529. The van der Waals surface area contributed by atoms with Gasteiger partial charge in [-0.2, -0.15) is 0 Å². The third-order valence-electron chi connectivity index (χ3n) is 3.52. The highest BCUT2D eigenvalue weighted by Crippen LogP contribution is 2.36. The van der Waals surface area contributed by atoms with Gasteiger partial charge in [0.2, 0.25) is 0 Å². The molecule has 0 radical (unpaired) electrons. The molecule has 0 spiro atoms. The minimum Gasteiger partial charge on any atom is -0.487 e. The molecule has 1 heterocycles. The molecule has 0 aliphatic carbocycles. The minimum atomic E-state index is 0.251. The van der Waals surface area contributed by atoms with Crippen LogP contribution in [0.3, 0.4) is 0 Å². The molecular weight excluding hydrogens is 266 g/mol. The molecule has 0 bridgehead atoms. The molecule has 2 unspecified atom stereocenters. The lowest BCUT2D eigenvalue weighted by Gasteiger charge is -2.32. The average Bonchev–Trinajstić information content (AvgIpc) is 2.46. The SMILES string of the molecule is C=C(C)CCC(NCCC)C1CSc2ccccc2O1. The molecule has 1 aromatic rings. The molecule has 3 heteroatoms. The van der Waals surface area contributed by atoms with Gasteiger partial charge in [0, 0.05) is 16.7 Å². The number of hydrogen-bond acceptors (Lipinski definition) is 3. The van der Waals surface area contributed by atoms with E-state index in [0.717, 1.165) is 37.3 Å². The van der Waals surface area contributed by atoms with Crippen LogP contribution in [0.5, 0.6) is 5.75 Å². The highest BCUT2D eigenvalue weighted by molar-refractivity contribution is 7.99. The average molecular weight is 291 g/mol. The van der Waals surface area contributed by atoms with E-state index in [-0.39, 0.29) is 6.10 Å². The summed E-state index contributed by atoms with van der Waals surface area (Å²) >= 11 is 1.91. The van der Waals surface area contributed by atoms with Crippen LogP contribution in [-0.2, 0) is 0 Å². The van der Waals surface area contributed by atoms with Crippen LogP contribution in [0.2, 0.25) is 0 Å². The van der Waals surface area contributed by atoms with E-state index in [1.54, 1.807) is 0 Å². The van der Waals surface area contributed by atoms with E-state index in [1.807, 2.05) is 17.8 Å². The number of thioether (sulfide) groups is 1. The molecule has 2 nitrogen and oxygen atoms in total. The first-order valence-electron chi connectivity index (χ1n) is 7.47. The Morgan fingerprint density at radius 2 is 2.30 bits per heavy atom. The molecule has 1 aliphatic heterocycles. The van der Waals surface area contributed by atoms with Gasteiger partial charge in [-0.15, -0.1) is 18.3 Å². The molecule has 0 amide bonds. The Hall–Kier alpha value is -0.930. The summed E-state index contributed by atoms with van der Waals surface area (Å²) < 4.78 is 6.21. The van der Waals surface area contributed by atoms with Crippen LogP contribution in [-0.4, -0.2) is 24.4 Å². The summed E-state index contributed by atoms with van der Waals surface area (Å²) in [5.41, 5.74) is 1.25. The molecule has 2 atom stereocenters. The van der Waals surface area contributed by atoms with Crippen molar-refractivity contribution >= 4 is 11.8 Å². The first kappa shape index (κ1) is 15.5. The van der Waals surface area contributed by atoms with E-state index < -0.39 is 0 Å². The van der Waals surface area contributed by atoms with Gasteiger partial charge >= 0.3 is 0 Å². The Morgan fingerprint density at radius 3 is 3.05 bits per heavy atom. The summed E-state index contributed by atoms with van der Waals surface area (Å²) in [5.74, 6) is 2.06. The van der Waals surface area contributed by atoms with Crippen molar-refractivity contribution in [2.24, 2.45) is 0 Å². The number of ether oxygens (including phenoxy) is 1. The molecule has 20 heavy (non-hydrogen) atoms. The zero-order valence-electron chi connectivity index (χ0n) is 12.5. The molecule has 110 valence electrons. The fourth-order valence-corrected chi connectivity index (χ4v) is 3.46. The van der Waals surface area contributed by atoms with Crippen LogP contribution < -0.4 is 10.1 Å². The second kappa shape index (κ2) is 7.75. The van der Waals surface area contributed by atoms with Gasteiger partial charge in [0.25, 0.3) is 0 Å². The summed E-state index contributed by atoms with van der Waals surface area (Å²) in [6, 6.07) is 8.74. The van der Waals surface area contributed by atoms with Crippen molar-refractivity contribution < 1.29 is 4.74 Å². The molecule has 1 aromatic carbocycles. The third kappa shape index (κ3) is 4.29. The van der Waals surface area contributed by atoms with Gasteiger partial charge in [-0.1, -0.05) is 24.6 Å². The van der Waals surface area contributed by atoms with Crippen molar-refractivity contribution in [2.75, 3.05) is 12.3 Å². The maximum atomic E-state index is 6.21. The fourth-order valence-electron chi connectivity index (χ4n) is 2.39. The Balaban J connectivity index is 2.00. The van der Waals surface area contributed by atoms with E-state index in [1.165, 1.54) is 10.5 Å². The van der Waals surface area contributed by atoms with Gasteiger partial charge in [0.05, 0.1) is 0 Å². The van der Waals surface area contributed by atoms with Crippen molar-refractivity contribution in [2.45, 2.75) is 50.2 Å². The molecule has 2 rings (SSSR count). The molecule has 0 saturated heterocycles. The van der Waals surface area contributed by atoms with Crippen molar-refractivity contribution in [1.82, 2.24) is 5.32 Å². The van der Waals surface area contributed by atoms with Gasteiger partial charge < -0.3 is 10.1 Å². The van der Waals surface area contributed by atoms with Crippen molar-refractivity contribution in [3.63, 3.8) is 0 Å². The first-order valence-corrected chi connectivity index (χ1v) is 8.45. The highest BCUT2D eigenvalue weighted by Gasteiger charge is 2.27. The van der Waals surface area contributed by atoms with Crippen LogP contribution in [0.15, 0.2) is 41.3 Å². The topological polar surface area (TPSA) is 21.3 Å². The number of allylic oxidation sites excluding steroid dienone is 1. The van der Waals surface area contributed by atoms with Gasteiger partial charge in [0.15, 0.2) is 0 Å². The van der Waals surface area contributed by atoms with Crippen molar-refractivity contribution in [3.05, 3.63) is 36.4 Å². The van der Waals surface area contributed by atoms with Gasteiger partial charge in [0.1, 0.15) is 11.9 Å². The Labute approximate surface area is 127 Å². The number of benzene rings is 1. The second-order valence-corrected chi connectivity index (χ2v) is 6.53. The zero-order valence-corrected chi connectivity index (χ0v) is 13.3. The normalized spacial score (nSPS) is 19.0. The summed E-state index contributed by atoms with van der Waals surface area (Å²) in [6.07, 6.45) is 3.57. The number of fused-ring (bicyclic) bond motifs is 1. The van der Waals surface area contributed by atoms with Crippen LogP contribution >= 0.6 is 11.8 Å². The Morgan fingerprint density at radius 1 is 1.50 bits per heavy atom. The van der Waals surface area contributed by atoms with Crippen LogP contribution in [0.25, 0.3) is 0 Å². The summed E-state index contributed by atoms with van der Waals surface area (Å²) in [5, 5.41) is 3.65. The molecule has 0 aromatic heterocycles. The molecule has 1 aliphatic rings. The van der Waals surface area contributed by atoms with Gasteiger partial charge in [-0.3, -0.25) is 0 Å². The summed E-state index contributed by atoms with van der Waals surface area (Å²) in [7, 11) is 0. The molecule has 0 fully saturated rings. The zero-order chi connectivity index (χ0) is 14.4. The first-order chi connectivity index (χ1) is 9.70. The largest absolute Gasteiger partial charge is 0.487 e. The second-order valence-electron chi connectivity index (χ2n) is 5.47. The summed E-state index contributed by atoms with van der Waals surface area (Å²) in [4.78, 5) is 1.26. The van der Waals surface area contributed by atoms with Crippen LogP contribution in [0.1, 0.15) is 33.1 Å². The number of hydrogen-bond donors (Lipinski definition) is 1. The van der Waals surface area contributed by atoms with E-state index in [4.69, 9.17) is 4.74 Å². The van der Waals surface area contributed by atoms with Crippen LogP contribution in [0.4, 0.5) is 0 Å². The lowest BCUT2D eigenvalue weighted by atomic mass is 10.0.